The van der Waals surface area contributed by atoms with Gasteiger partial charge < -0.3 is 5.32 Å². The second-order valence-electron chi connectivity index (χ2n) is 4.56. The van der Waals surface area contributed by atoms with E-state index >= 15 is 0 Å². The Labute approximate surface area is 108 Å². The summed E-state index contributed by atoms with van der Waals surface area (Å²) in [6.45, 7) is 6.49. The van der Waals surface area contributed by atoms with Gasteiger partial charge in [0, 0.05) is 11.4 Å². The Bertz CT molecular complexity index is 426. The third kappa shape index (κ3) is 3.25. The normalized spacial score (nSPS) is 19.9. The maximum atomic E-state index is 4.72. The molecule has 1 aromatic rings. The molecule has 1 heterocycles. The van der Waals surface area contributed by atoms with Crippen LogP contribution >= 0.6 is 11.8 Å². The van der Waals surface area contributed by atoms with Crippen molar-refractivity contribution in [1.82, 2.24) is 0 Å². The van der Waals surface area contributed by atoms with Crippen LogP contribution in [0.1, 0.15) is 30.9 Å². The quantitative estimate of drug-likeness (QED) is 0.856. The van der Waals surface area contributed by atoms with Gasteiger partial charge in [0.25, 0.3) is 0 Å². The van der Waals surface area contributed by atoms with Crippen LogP contribution in [0.3, 0.4) is 0 Å². The van der Waals surface area contributed by atoms with Gasteiger partial charge >= 0.3 is 0 Å². The summed E-state index contributed by atoms with van der Waals surface area (Å²) >= 11 is 1.83. The Hall–Kier alpha value is -0.960. The fourth-order valence-corrected chi connectivity index (χ4v) is 2.86. The average Bonchev–Trinajstić information content (AvgIpc) is 2.34. The Morgan fingerprint density at radius 1 is 1.35 bits per heavy atom. The Kier molecular flexibility index (Phi) is 4.11. The highest BCUT2D eigenvalue weighted by Crippen LogP contribution is 2.22. The van der Waals surface area contributed by atoms with E-state index in [0.29, 0.717) is 6.04 Å². The Balaban J connectivity index is 2.09. The van der Waals surface area contributed by atoms with Crippen LogP contribution in [0.15, 0.2) is 23.2 Å². The van der Waals surface area contributed by atoms with E-state index in [1.54, 1.807) is 0 Å². The number of rotatable bonds is 2. The van der Waals surface area contributed by atoms with Gasteiger partial charge in [-0.2, -0.15) is 0 Å². The lowest BCUT2D eigenvalue weighted by Gasteiger charge is -2.19. The lowest BCUT2D eigenvalue weighted by atomic mass is 10.1. The van der Waals surface area contributed by atoms with Gasteiger partial charge in [-0.15, -0.1) is 0 Å². The van der Waals surface area contributed by atoms with Gasteiger partial charge in [-0.05, 0) is 49.9 Å². The number of hydrogen-bond donors (Lipinski definition) is 1. The molecule has 1 aliphatic rings. The Morgan fingerprint density at radius 2 is 2.18 bits per heavy atom. The number of nitrogens with zero attached hydrogens (tertiary/aromatic N) is 1. The molecule has 3 heteroatoms. The van der Waals surface area contributed by atoms with Crippen molar-refractivity contribution in [2.75, 3.05) is 11.1 Å². The summed E-state index contributed by atoms with van der Waals surface area (Å²) in [5, 5.41) is 4.50. The first-order valence-corrected chi connectivity index (χ1v) is 7.22. The highest BCUT2D eigenvalue weighted by atomic mass is 32.2. The fraction of sp³-hybridized carbons (Fsp3) is 0.500. The van der Waals surface area contributed by atoms with Crippen molar-refractivity contribution in [3.8, 4) is 0 Å². The molecule has 0 saturated heterocycles. The number of aryl methyl sites for hydroxylation is 2. The minimum Gasteiger partial charge on any atom is -0.335 e. The summed E-state index contributed by atoms with van der Waals surface area (Å²) in [4.78, 5) is 4.72. The number of nitrogens with one attached hydrogen (secondary N) is 1. The highest BCUT2D eigenvalue weighted by molar-refractivity contribution is 8.14. The molecule has 2 nitrogen and oxygen atoms in total. The van der Waals surface area contributed by atoms with Gasteiger partial charge in [0.05, 0.1) is 6.04 Å². The van der Waals surface area contributed by atoms with Gasteiger partial charge in [-0.1, -0.05) is 24.8 Å². The van der Waals surface area contributed by atoms with E-state index < -0.39 is 0 Å². The first kappa shape index (κ1) is 12.5. The van der Waals surface area contributed by atoms with Crippen LogP contribution < -0.4 is 5.32 Å². The predicted octanol–water partition coefficient (Wildman–Crippen LogP) is 3.99. The van der Waals surface area contributed by atoms with Crippen LogP contribution in [-0.2, 0) is 0 Å². The fourth-order valence-electron chi connectivity index (χ4n) is 1.87. The second-order valence-corrected chi connectivity index (χ2v) is 5.64. The molecule has 0 fully saturated rings. The molecule has 0 radical (unpaired) electrons. The highest BCUT2D eigenvalue weighted by Gasteiger charge is 2.13. The predicted molar refractivity (Wildman–Crippen MR) is 78.1 cm³/mol. The summed E-state index contributed by atoms with van der Waals surface area (Å²) in [5.74, 6) is 1.18. The van der Waals surface area contributed by atoms with Crippen LogP contribution in [0.5, 0.6) is 0 Å². The van der Waals surface area contributed by atoms with Crippen LogP contribution in [0.4, 0.5) is 5.69 Å². The van der Waals surface area contributed by atoms with Crippen LogP contribution in [0.2, 0.25) is 0 Å². The smallest absolute Gasteiger partial charge is 0.161 e. The molecular weight excluding hydrogens is 228 g/mol. The molecule has 92 valence electrons. The summed E-state index contributed by atoms with van der Waals surface area (Å²) in [7, 11) is 0. The number of thioether (sulfide) groups is 1. The standard InChI is InChI=1S/C14H20N2S/c1-4-12-7-8-17-14(15-12)16-13-6-5-10(2)11(3)9-13/h5-6,9,12H,4,7-8H2,1-3H3,(H,15,16). The van der Waals surface area contributed by atoms with Gasteiger partial charge in [-0.3, -0.25) is 4.99 Å². The Morgan fingerprint density at radius 3 is 2.88 bits per heavy atom. The summed E-state index contributed by atoms with van der Waals surface area (Å²) < 4.78 is 0. The number of benzene rings is 1. The van der Waals surface area contributed by atoms with Gasteiger partial charge in [-0.25, -0.2) is 0 Å². The summed E-state index contributed by atoms with van der Waals surface area (Å²) in [5.41, 5.74) is 3.81. The third-order valence-electron chi connectivity index (χ3n) is 3.22. The number of aliphatic imine (C=N–C) groups is 1. The van der Waals surface area contributed by atoms with E-state index in [4.69, 9.17) is 4.99 Å². The van der Waals surface area contributed by atoms with Crippen molar-refractivity contribution in [3.63, 3.8) is 0 Å². The number of anilines is 1. The van der Waals surface area contributed by atoms with Crippen LogP contribution in [-0.4, -0.2) is 17.0 Å². The lowest BCUT2D eigenvalue weighted by molar-refractivity contribution is 0.634. The SMILES string of the molecule is CCC1CCSC(Nc2ccc(C)c(C)c2)=N1. The van der Waals surface area contributed by atoms with Crippen molar-refractivity contribution in [3.05, 3.63) is 29.3 Å². The molecule has 1 atom stereocenters. The molecule has 0 aromatic heterocycles. The topological polar surface area (TPSA) is 24.4 Å². The first-order chi connectivity index (χ1) is 8.19. The molecule has 1 aromatic carbocycles. The molecule has 1 unspecified atom stereocenters. The molecule has 2 rings (SSSR count). The third-order valence-corrected chi connectivity index (χ3v) is 4.14. The van der Waals surface area contributed by atoms with Crippen LogP contribution in [0.25, 0.3) is 0 Å². The molecule has 17 heavy (non-hydrogen) atoms. The van der Waals surface area contributed by atoms with E-state index in [1.807, 2.05) is 11.8 Å². The van der Waals surface area contributed by atoms with Crippen molar-refractivity contribution in [2.24, 2.45) is 4.99 Å². The van der Waals surface area contributed by atoms with Crippen molar-refractivity contribution < 1.29 is 0 Å². The maximum Gasteiger partial charge on any atom is 0.161 e. The number of hydrogen-bond acceptors (Lipinski definition) is 3. The molecule has 1 N–H and O–H groups in total. The maximum absolute atomic E-state index is 4.72. The van der Waals surface area contributed by atoms with Crippen molar-refractivity contribution in [2.45, 2.75) is 39.7 Å². The van der Waals surface area contributed by atoms with Gasteiger partial charge in [0.2, 0.25) is 0 Å². The average molecular weight is 248 g/mol. The largest absolute Gasteiger partial charge is 0.335 e. The van der Waals surface area contributed by atoms with Crippen molar-refractivity contribution >= 4 is 22.6 Å². The molecule has 0 bridgehead atoms. The summed E-state index contributed by atoms with van der Waals surface area (Å²) in [6.07, 6.45) is 2.35. The van der Waals surface area contributed by atoms with E-state index in [9.17, 15) is 0 Å². The lowest BCUT2D eigenvalue weighted by Crippen LogP contribution is -2.19. The second kappa shape index (κ2) is 5.58. The first-order valence-electron chi connectivity index (χ1n) is 6.24. The van der Waals surface area contributed by atoms with E-state index in [2.05, 4.69) is 44.3 Å². The zero-order valence-electron chi connectivity index (χ0n) is 10.8. The minimum absolute atomic E-state index is 0.505. The monoisotopic (exact) mass is 248 g/mol. The molecule has 0 aliphatic carbocycles. The molecule has 0 amide bonds. The zero-order valence-corrected chi connectivity index (χ0v) is 11.6. The minimum atomic E-state index is 0.505. The van der Waals surface area contributed by atoms with E-state index in [-0.39, 0.29) is 0 Å². The molecule has 0 saturated carbocycles. The molecule has 0 spiro atoms. The van der Waals surface area contributed by atoms with E-state index in [1.165, 1.54) is 23.3 Å². The summed E-state index contributed by atoms with van der Waals surface area (Å²) in [6, 6.07) is 6.98. The van der Waals surface area contributed by atoms with Crippen LogP contribution in [0, 0.1) is 13.8 Å². The number of amidine groups is 1. The van der Waals surface area contributed by atoms with Gasteiger partial charge in [0.1, 0.15) is 0 Å². The van der Waals surface area contributed by atoms with E-state index in [0.717, 1.165) is 17.3 Å². The van der Waals surface area contributed by atoms with Crippen molar-refractivity contribution in [1.29, 1.82) is 0 Å². The van der Waals surface area contributed by atoms with Gasteiger partial charge in [0.15, 0.2) is 5.17 Å². The molecular formula is C14H20N2S. The molecule has 1 aliphatic heterocycles. The zero-order chi connectivity index (χ0) is 12.3.